The van der Waals surface area contributed by atoms with Gasteiger partial charge in [0.25, 0.3) is 17.7 Å². The van der Waals surface area contributed by atoms with Gasteiger partial charge in [-0.05, 0) is 49.7 Å². The number of imide groups is 2. The summed E-state index contributed by atoms with van der Waals surface area (Å²) in [5, 5.41) is 12.8. The highest BCUT2D eigenvalue weighted by molar-refractivity contribution is 6.24. The van der Waals surface area contributed by atoms with Crippen LogP contribution in [0.15, 0.2) is 36.4 Å². The number of hydrogen-bond donors (Lipinski definition) is 3. The second-order valence-corrected chi connectivity index (χ2v) is 7.74. The number of fused-ring (bicyclic) bond motifs is 2. The summed E-state index contributed by atoms with van der Waals surface area (Å²) in [5.41, 5.74) is 2.56. The lowest BCUT2D eigenvalue weighted by Crippen LogP contribution is -2.54. The summed E-state index contributed by atoms with van der Waals surface area (Å²) in [7, 11) is 0. The second kappa shape index (κ2) is 7.12. The quantitative estimate of drug-likeness (QED) is 0.537. The number of amides is 5. The zero-order chi connectivity index (χ0) is 22.6. The molecule has 1 aromatic heterocycles. The fraction of sp³-hybridized carbons (Fsp3) is 0.182. The van der Waals surface area contributed by atoms with E-state index in [1.165, 1.54) is 18.2 Å². The summed E-state index contributed by atoms with van der Waals surface area (Å²) < 4.78 is 0. The smallest absolute Gasteiger partial charge is 0.262 e. The fourth-order valence-corrected chi connectivity index (χ4v) is 4.03. The van der Waals surface area contributed by atoms with Crippen LogP contribution in [0.2, 0.25) is 0 Å². The van der Waals surface area contributed by atoms with Crippen LogP contribution in [0, 0.1) is 6.92 Å². The van der Waals surface area contributed by atoms with Crippen molar-refractivity contribution in [2.75, 3.05) is 5.32 Å². The first-order chi connectivity index (χ1) is 15.3. The number of piperidine rings is 1. The molecule has 10 heteroatoms. The predicted octanol–water partition coefficient (Wildman–Crippen LogP) is 1.52. The molecular formula is C22H17N5O5. The monoisotopic (exact) mass is 431 g/mol. The molecule has 2 aromatic carbocycles. The van der Waals surface area contributed by atoms with Crippen molar-refractivity contribution in [3.05, 3.63) is 58.8 Å². The number of aryl methyl sites for hydroxylation is 1. The third kappa shape index (κ3) is 3.04. The number of nitrogens with zero attached hydrogens (tertiary/aromatic N) is 2. The van der Waals surface area contributed by atoms with Crippen molar-refractivity contribution in [3.63, 3.8) is 0 Å². The molecule has 10 nitrogen and oxygen atoms in total. The zero-order valence-electron chi connectivity index (χ0n) is 16.9. The maximum absolute atomic E-state index is 12.9. The molecular weight excluding hydrogens is 414 g/mol. The summed E-state index contributed by atoms with van der Waals surface area (Å²) in [6, 6.07) is 8.43. The van der Waals surface area contributed by atoms with E-state index in [1.807, 2.05) is 6.92 Å². The van der Waals surface area contributed by atoms with Gasteiger partial charge in [0.2, 0.25) is 11.8 Å². The minimum atomic E-state index is -1.05. The highest BCUT2D eigenvalue weighted by Gasteiger charge is 2.44. The molecule has 0 spiro atoms. The highest BCUT2D eigenvalue weighted by Crippen LogP contribution is 2.29. The predicted molar refractivity (Wildman–Crippen MR) is 112 cm³/mol. The molecule has 5 rings (SSSR count). The second-order valence-electron chi connectivity index (χ2n) is 7.74. The highest BCUT2D eigenvalue weighted by atomic mass is 16.2. The Labute approximate surface area is 181 Å². The molecule has 0 saturated carbocycles. The van der Waals surface area contributed by atoms with Gasteiger partial charge in [0, 0.05) is 28.8 Å². The molecule has 32 heavy (non-hydrogen) atoms. The average molecular weight is 431 g/mol. The Bertz CT molecular complexity index is 1360. The SMILES string of the molecule is Cc1[nH]nc2ccc(NC(=O)c3ccc4c(c3)C(=O)N(C3CCC(=O)NC3=O)C4=O)cc12. The molecule has 1 unspecified atom stereocenters. The van der Waals surface area contributed by atoms with Gasteiger partial charge < -0.3 is 5.32 Å². The van der Waals surface area contributed by atoms with E-state index in [1.54, 1.807) is 18.2 Å². The first-order valence-electron chi connectivity index (χ1n) is 9.95. The van der Waals surface area contributed by atoms with Crippen molar-refractivity contribution < 1.29 is 24.0 Å². The minimum Gasteiger partial charge on any atom is -0.322 e. The van der Waals surface area contributed by atoms with Crippen LogP contribution in [0.25, 0.3) is 10.9 Å². The molecule has 0 aliphatic carbocycles. The van der Waals surface area contributed by atoms with Crippen molar-refractivity contribution >= 4 is 46.1 Å². The van der Waals surface area contributed by atoms with Crippen LogP contribution in [0.3, 0.4) is 0 Å². The topological polar surface area (TPSA) is 141 Å². The Balaban J connectivity index is 1.40. The largest absolute Gasteiger partial charge is 0.322 e. The number of carbonyl (C=O) groups is 5. The summed E-state index contributed by atoms with van der Waals surface area (Å²) in [5.74, 6) is -2.85. The fourth-order valence-electron chi connectivity index (χ4n) is 4.03. The molecule has 3 N–H and O–H groups in total. The van der Waals surface area contributed by atoms with Crippen molar-refractivity contribution in [3.8, 4) is 0 Å². The van der Waals surface area contributed by atoms with Crippen LogP contribution in [0.5, 0.6) is 0 Å². The minimum absolute atomic E-state index is 0.0396. The van der Waals surface area contributed by atoms with E-state index in [0.717, 1.165) is 21.5 Å². The van der Waals surface area contributed by atoms with Gasteiger partial charge in [-0.1, -0.05) is 0 Å². The molecule has 1 atom stereocenters. The number of rotatable bonds is 3. The van der Waals surface area contributed by atoms with Gasteiger partial charge in [-0.2, -0.15) is 5.10 Å². The number of aromatic nitrogens is 2. The molecule has 3 heterocycles. The summed E-state index contributed by atoms with van der Waals surface area (Å²) in [6.45, 7) is 1.87. The van der Waals surface area contributed by atoms with Gasteiger partial charge in [0.05, 0.1) is 16.6 Å². The van der Waals surface area contributed by atoms with Crippen LogP contribution in [0.4, 0.5) is 5.69 Å². The molecule has 1 fully saturated rings. The molecule has 2 aliphatic rings. The number of anilines is 1. The Morgan fingerprint density at radius 3 is 2.62 bits per heavy atom. The Hall–Kier alpha value is -4.34. The van der Waals surface area contributed by atoms with Crippen LogP contribution in [-0.2, 0) is 9.59 Å². The zero-order valence-corrected chi connectivity index (χ0v) is 16.9. The normalized spacial score (nSPS) is 18.2. The third-order valence-electron chi connectivity index (χ3n) is 5.70. The van der Waals surface area contributed by atoms with Crippen LogP contribution in [-0.4, -0.2) is 50.7 Å². The number of carbonyl (C=O) groups excluding carboxylic acids is 5. The van der Waals surface area contributed by atoms with Crippen LogP contribution in [0.1, 0.15) is 49.6 Å². The van der Waals surface area contributed by atoms with Gasteiger partial charge in [-0.15, -0.1) is 0 Å². The van der Waals surface area contributed by atoms with Gasteiger partial charge in [0.1, 0.15) is 6.04 Å². The number of benzene rings is 2. The molecule has 2 aliphatic heterocycles. The van der Waals surface area contributed by atoms with Gasteiger partial charge in [-0.3, -0.25) is 39.3 Å². The van der Waals surface area contributed by atoms with E-state index in [0.29, 0.717) is 5.69 Å². The number of H-pyrrole nitrogens is 1. The molecule has 160 valence electrons. The van der Waals surface area contributed by atoms with E-state index in [9.17, 15) is 24.0 Å². The number of nitrogens with one attached hydrogen (secondary N) is 3. The maximum Gasteiger partial charge on any atom is 0.262 e. The Morgan fingerprint density at radius 1 is 1.06 bits per heavy atom. The van der Waals surface area contributed by atoms with E-state index < -0.39 is 35.6 Å². The summed E-state index contributed by atoms with van der Waals surface area (Å²) in [6.07, 6.45) is 0.108. The van der Waals surface area contributed by atoms with Gasteiger partial charge in [-0.25, -0.2) is 0 Å². The average Bonchev–Trinajstić information content (AvgIpc) is 3.25. The van der Waals surface area contributed by atoms with Crippen LogP contribution < -0.4 is 10.6 Å². The van der Waals surface area contributed by atoms with E-state index >= 15 is 0 Å². The van der Waals surface area contributed by atoms with Gasteiger partial charge in [0.15, 0.2) is 0 Å². The van der Waals surface area contributed by atoms with E-state index in [-0.39, 0.29) is 29.5 Å². The lowest BCUT2D eigenvalue weighted by atomic mass is 10.0. The Morgan fingerprint density at radius 2 is 1.84 bits per heavy atom. The van der Waals surface area contributed by atoms with E-state index in [4.69, 9.17) is 0 Å². The van der Waals surface area contributed by atoms with Crippen molar-refractivity contribution in [1.29, 1.82) is 0 Å². The van der Waals surface area contributed by atoms with Gasteiger partial charge >= 0.3 is 0 Å². The molecule has 0 radical (unpaired) electrons. The van der Waals surface area contributed by atoms with Crippen molar-refractivity contribution in [2.24, 2.45) is 0 Å². The van der Waals surface area contributed by atoms with Crippen molar-refractivity contribution in [2.45, 2.75) is 25.8 Å². The third-order valence-corrected chi connectivity index (χ3v) is 5.70. The lowest BCUT2D eigenvalue weighted by Gasteiger charge is -2.27. The molecule has 5 amide bonds. The Kier molecular flexibility index (Phi) is 4.36. The first-order valence-corrected chi connectivity index (χ1v) is 9.95. The molecule has 3 aromatic rings. The number of aromatic amines is 1. The maximum atomic E-state index is 12.9. The summed E-state index contributed by atoms with van der Waals surface area (Å²) >= 11 is 0. The molecule has 0 bridgehead atoms. The van der Waals surface area contributed by atoms with E-state index in [2.05, 4.69) is 20.8 Å². The standard InChI is InChI=1S/C22H17N5O5/c1-10-14-9-12(3-5-16(14)26-25-10)23-19(29)11-2-4-13-15(8-11)22(32)27(21(13)31)17-6-7-18(28)24-20(17)30/h2-5,8-9,17H,6-7H2,1H3,(H,23,29)(H,25,26)(H,24,28,30). The van der Waals surface area contributed by atoms with Crippen LogP contribution >= 0.6 is 0 Å². The van der Waals surface area contributed by atoms with Crippen molar-refractivity contribution in [1.82, 2.24) is 20.4 Å². The lowest BCUT2D eigenvalue weighted by molar-refractivity contribution is -0.136. The number of hydrogen-bond acceptors (Lipinski definition) is 6. The first kappa shape index (κ1) is 19.6. The summed E-state index contributed by atoms with van der Waals surface area (Å²) in [4.78, 5) is 62.9. The molecule has 1 saturated heterocycles.